The highest BCUT2D eigenvalue weighted by molar-refractivity contribution is 5.44. The Morgan fingerprint density at radius 1 is 1.05 bits per heavy atom. The molecule has 3 heteroatoms. The number of rotatable bonds is 10. The smallest absolute Gasteiger partial charge is 0.126 e. The quantitative estimate of drug-likeness (QED) is 0.674. The normalized spacial score (nSPS) is 11.7. The van der Waals surface area contributed by atoms with Crippen LogP contribution in [0.25, 0.3) is 0 Å². The molecule has 0 aliphatic rings. The highest BCUT2D eigenvalue weighted by Gasteiger charge is 2.19. The Balaban J connectivity index is 2.31. The highest BCUT2D eigenvalue weighted by atomic mass is 16.5. The van der Waals surface area contributed by atoms with E-state index in [1.165, 1.54) is 30.5 Å². The standard InChI is InChI=1S/C19H33NO2/c1-6-7-11-20-12-13-21-14-15-22-18-16(2)9-8-10-17(18)19(3,4)5/h8-10,20H,6-7,11-15H2,1-5H3/p+1. The number of ether oxygens (including phenoxy) is 2. The number of aryl methyl sites for hydroxylation is 1. The summed E-state index contributed by atoms with van der Waals surface area (Å²) in [5.74, 6) is 1.02. The first kappa shape index (κ1) is 19.0. The second-order valence-corrected chi connectivity index (χ2v) is 6.88. The van der Waals surface area contributed by atoms with E-state index < -0.39 is 0 Å². The van der Waals surface area contributed by atoms with Gasteiger partial charge >= 0.3 is 0 Å². The second-order valence-electron chi connectivity index (χ2n) is 6.88. The van der Waals surface area contributed by atoms with E-state index in [1.807, 2.05) is 0 Å². The maximum absolute atomic E-state index is 6.00. The van der Waals surface area contributed by atoms with E-state index in [-0.39, 0.29) is 5.41 Å². The molecule has 0 saturated carbocycles. The Morgan fingerprint density at radius 3 is 2.50 bits per heavy atom. The summed E-state index contributed by atoms with van der Waals surface area (Å²) in [6, 6.07) is 6.37. The Bertz CT molecular complexity index is 424. The van der Waals surface area contributed by atoms with Gasteiger partial charge in [-0.2, -0.15) is 0 Å². The van der Waals surface area contributed by atoms with Crippen molar-refractivity contribution in [2.75, 3.05) is 32.9 Å². The topological polar surface area (TPSA) is 35.1 Å². The van der Waals surface area contributed by atoms with Gasteiger partial charge < -0.3 is 14.8 Å². The summed E-state index contributed by atoms with van der Waals surface area (Å²) in [5, 5.41) is 2.32. The average molecular weight is 308 g/mol. The monoisotopic (exact) mass is 308 g/mol. The van der Waals surface area contributed by atoms with Gasteiger partial charge in [-0.05, 0) is 29.9 Å². The van der Waals surface area contributed by atoms with Crippen LogP contribution < -0.4 is 10.1 Å². The van der Waals surface area contributed by atoms with Crippen molar-refractivity contribution in [3.63, 3.8) is 0 Å². The first-order chi connectivity index (χ1) is 10.5. The number of nitrogens with two attached hydrogens (primary N) is 1. The third-order valence-corrected chi connectivity index (χ3v) is 3.72. The zero-order valence-corrected chi connectivity index (χ0v) is 15.1. The molecular formula is C19H34NO2+. The van der Waals surface area contributed by atoms with Crippen LogP contribution in [0.3, 0.4) is 0 Å². The predicted octanol–water partition coefficient (Wildman–Crippen LogP) is 3.05. The molecule has 0 aliphatic heterocycles. The van der Waals surface area contributed by atoms with E-state index in [4.69, 9.17) is 9.47 Å². The van der Waals surface area contributed by atoms with Crippen LogP contribution in [0.5, 0.6) is 5.75 Å². The van der Waals surface area contributed by atoms with Gasteiger partial charge in [-0.1, -0.05) is 52.3 Å². The number of quaternary nitrogens is 1. The summed E-state index contributed by atoms with van der Waals surface area (Å²) in [6.07, 6.45) is 2.55. The van der Waals surface area contributed by atoms with E-state index in [2.05, 4.69) is 58.1 Å². The van der Waals surface area contributed by atoms with Crippen molar-refractivity contribution in [1.82, 2.24) is 0 Å². The van der Waals surface area contributed by atoms with Crippen LogP contribution in [-0.4, -0.2) is 32.9 Å². The lowest BCUT2D eigenvalue weighted by atomic mass is 9.85. The fourth-order valence-electron chi connectivity index (χ4n) is 2.40. The van der Waals surface area contributed by atoms with Crippen LogP contribution in [-0.2, 0) is 10.2 Å². The van der Waals surface area contributed by atoms with E-state index in [0.29, 0.717) is 13.2 Å². The van der Waals surface area contributed by atoms with Gasteiger partial charge in [0.1, 0.15) is 12.4 Å². The van der Waals surface area contributed by atoms with Crippen LogP contribution in [0.1, 0.15) is 51.7 Å². The van der Waals surface area contributed by atoms with Crippen molar-refractivity contribution in [3.05, 3.63) is 29.3 Å². The molecular weight excluding hydrogens is 274 g/mol. The molecule has 0 amide bonds. The van der Waals surface area contributed by atoms with Gasteiger partial charge in [0.05, 0.1) is 26.3 Å². The molecule has 0 spiro atoms. The van der Waals surface area contributed by atoms with Gasteiger partial charge in [0.2, 0.25) is 0 Å². The third-order valence-electron chi connectivity index (χ3n) is 3.72. The van der Waals surface area contributed by atoms with Crippen LogP contribution in [0.15, 0.2) is 18.2 Å². The summed E-state index contributed by atoms with van der Waals surface area (Å²) >= 11 is 0. The molecule has 2 N–H and O–H groups in total. The number of para-hydroxylation sites is 1. The van der Waals surface area contributed by atoms with Crippen molar-refractivity contribution in [1.29, 1.82) is 0 Å². The molecule has 0 aliphatic carbocycles. The van der Waals surface area contributed by atoms with Gasteiger partial charge in [0.15, 0.2) is 0 Å². The van der Waals surface area contributed by atoms with Crippen LogP contribution in [0.2, 0.25) is 0 Å². The fraction of sp³-hybridized carbons (Fsp3) is 0.684. The zero-order chi connectivity index (χ0) is 16.4. The zero-order valence-electron chi connectivity index (χ0n) is 15.1. The van der Waals surface area contributed by atoms with Crippen molar-refractivity contribution in [3.8, 4) is 5.75 Å². The molecule has 3 nitrogen and oxygen atoms in total. The van der Waals surface area contributed by atoms with Gasteiger partial charge in [-0.3, -0.25) is 0 Å². The van der Waals surface area contributed by atoms with Crippen molar-refractivity contribution >= 4 is 0 Å². The SMILES string of the molecule is CCCC[NH2+]CCOCCOc1c(C)cccc1C(C)(C)C. The lowest BCUT2D eigenvalue weighted by Crippen LogP contribution is -2.85. The molecule has 1 aromatic rings. The Labute approximate surface area is 136 Å². The van der Waals surface area contributed by atoms with Crippen molar-refractivity contribution in [2.45, 2.75) is 52.9 Å². The van der Waals surface area contributed by atoms with E-state index in [0.717, 1.165) is 18.9 Å². The van der Waals surface area contributed by atoms with E-state index >= 15 is 0 Å². The lowest BCUT2D eigenvalue weighted by Gasteiger charge is -2.24. The first-order valence-electron chi connectivity index (χ1n) is 8.59. The summed E-state index contributed by atoms with van der Waals surface area (Å²) in [6.45, 7) is 15.3. The molecule has 0 atom stereocenters. The molecule has 0 radical (unpaired) electrons. The Morgan fingerprint density at radius 2 is 1.82 bits per heavy atom. The summed E-state index contributed by atoms with van der Waals surface area (Å²) in [7, 11) is 0. The number of hydrogen-bond acceptors (Lipinski definition) is 2. The maximum Gasteiger partial charge on any atom is 0.126 e. The molecule has 1 rings (SSSR count). The summed E-state index contributed by atoms with van der Waals surface area (Å²) in [5.41, 5.74) is 2.55. The molecule has 0 saturated heterocycles. The van der Waals surface area contributed by atoms with Crippen molar-refractivity contribution < 1.29 is 14.8 Å². The second kappa shape index (κ2) is 9.86. The Hall–Kier alpha value is -1.06. The third kappa shape index (κ3) is 6.80. The largest absolute Gasteiger partial charge is 0.491 e. The van der Waals surface area contributed by atoms with Gasteiger partial charge in [0.25, 0.3) is 0 Å². The van der Waals surface area contributed by atoms with Crippen molar-refractivity contribution in [2.24, 2.45) is 0 Å². The molecule has 0 fully saturated rings. The minimum atomic E-state index is 0.0937. The summed E-state index contributed by atoms with van der Waals surface area (Å²) in [4.78, 5) is 0. The first-order valence-corrected chi connectivity index (χ1v) is 8.59. The van der Waals surface area contributed by atoms with Crippen LogP contribution in [0, 0.1) is 6.92 Å². The fourth-order valence-corrected chi connectivity index (χ4v) is 2.40. The molecule has 0 bridgehead atoms. The molecule has 1 aromatic carbocycles. The van der Waals surface area contributed by atoms with Gasteiger partial charge in [0, 0.05) is 0 Å². The molecule has 22 heavy (non-hydrogen) atoms. The molecule has 0 unspecified atom stereocenters. The lowest BCUT2D eigenvalue weighted by molar-refractivity contribution is -0.656. The maximum atomic E-state index is 6.00. The number of benzene rings is 1. The minimum Gasteiger partial charge on any atom is -0.491 e. The van der Waals surface area contributed by atoms with E-state index in [1.54, 1.807) is 0 Å². The molecule has 0 aromatic heterocycles. The summed E-state index contributed by atoms with van der Waals surface area (Å²) < 4.78 is 11.6. The van der Waals surface area contributed by atoms with Crippen LogP contribution >= 0.6 is 0 Å². The number of unbranched alkanes of at least 4 members (excludes halogenated alkanes) is 1. The number of hydrogen-bond donors (Lipinski definition) is 1. The molecule has 0 heterocycles. The van der Waals surface area contributed by atoms with Crippen LogP contribution in [0.4, 0.5) is 0 Å². The van der Waals surface area contributed by atoms with Gasteiger partial charge in [-0.25, -0.2) is 0 Å². The predicted molar refractivity (Wildman–Crippen MR) is 92.8 cm³/mol. The van der Waals surface area contributed by atoms with Gasteiger partial charge in [-0.15, -0.1) is 0 Å². The molecule has 126 valence electrons. The highest BCUT2D eigenvalue weighted by Crippen LogP contribution is 2.33. The Kier molecular flexibility index (Phi) is 8.51. The minimum absolute atomic E-state index is 0.0937. The van der Waals surface area contributed by atoms with E-state index in [9.17, 15) is 0 Å². The average Bonchev–Trinajstić information content (AvgIpc) is 2.45.